The molecular weight excluding hydrogens is 332 g/mol. The molecule has 26 heavy (non-hydrogen) atoms. The zero-order valence-corrected chi connectivity index (χ0v) is 15.5. The van der Waals surface area contributed by atoms with Crippen molar-refractivity contribution in [1.82, 2.24) is 20.8 Å². The molecule has 1 atom stereocenters. The van der Waals surface area contributed by atoms with Gasteiger partial charge in [0.15, 0.2) is 11.4 Å². The number of ether oxygens (including phenoxy) is 1. The molecule has 0 spiro atoms. The highest BCUT2D eigenvalue weighted by Gasteiger charge is 2.43. The molecule has 0 aliphatic carbocycles. The third kappa shape index (κ3) is 4.04. The molecule has 2 aromatic rings. The first kappa shape index (κ1) is 18.4. The van der Waals surface area contributed by atoms with Gasteiger partial charge in [-0.3, -0.25) is 4.79 Å². The van der Waals surface area contributed by atoms with Crippen molar-refractivity contribution >= 4 is 5.91 Å². The van der Waals surface area contributed by atoms with Crippen molar-refractivity contribution in [3.05, 3.63) is 41.5 Å². The third-order valence-corrected chi connectivity index (χ3v) is 4.71. The molecule has 1 aromatic heterocycles. The average Bonchev–Trinajstić information content (AvgIpc) is 3.08. The maximum atomic E-state index is 13.2. The first-order chi connectivity index (χ1) is 12.5. The highest BCUT2D eigenvalue weighted by atomic mass is 16.5. The second-order valence-corrected chi connectivity index (χ2v) is 6.77. The number of nitrogens with one attached hydrogen (secondary N) is 2. The maximum absolute atomic E-state index is 13.2. The van der Waals surface area contributed by atoms with E-state index in [1.54, 1.807) is 6.92 Å². The smallest absolute Gasteiger partial charge is 0.264 e. The van der Waals surface area contributed by atoms with Gasteiger partial charge < -0.3 is 19.9 Å². The zero-order valence-electron chi connectivity index (χ0n) is 15.5. The average molecular weight is 358 g/mol. The van der Waals surface area contributed by atoms with E-state index in [-0.39, 0.29) is 11.9 Å². The van der Waals surface area contributed by atoms with Crippen molar-refractivity contribution in [3.8, 4) is 5.75 Å². The number of nitrogens with zero attached hydrogens (tertiary/aromatic N) is 2. The fourth-order valence-electron chi connectivity index (χ4n) is 3.12. The molecule has 1 aliphatic rings. The molecule has 140 valence electrons. The van der Waals surface area contributed by atoms with E-state index in [1.807, 2.05) is 38.1 Å². The minimum atomic E-state index is -0.900. The normalized spacial score (nSPS) is 17.5. The van der Waals surface area contributed by atoms with Crippen molar-refractivity contribution in [3.63, 3.8) is 0 Å². The number of amides is 1. The highest BCUT2D eigenvalue weighted by molar-refractivity contribution is 5.86. The van der Waals surface area contributed by atoms with E-state index in [1.165, 1.54) is 0 Å². The van der Waals surface area contributed by atoms with Gasteiger partial charge in [-0.2, -0.15) is 4.98 Å². The van der Waals surface area contributed by atoms with Crippen LogP contribution in [0.25, 0.3) is 0 Å². The molecule has 1 amide bonds. The van der Waals surface area contributed by atoms with Gasteiger partial charge in [0.2, 0.25) is 5.89 Å². The Kier molecular flexibility index (Phi) is 5.56. The Morgan fingerprint density at radius 2 is 2.00 bits per heavy atom. The summed E-state index contributed by atoms with van der Waals surface area (Å²) in [6.45, 7) is 7.22. The lowest BCUT2D eigenvalue weighted by Gasteiger charge is -2.37. The molecule has 0 saturated carbocycles. The van der Waals surface area contributed by atoms with Crippen LogP contribution in [-0.2, 0) is 4.79 Å². The molecule has 0 unspecified atom stereocenters. The first-order valence-corrected chi connectivity index (χ1v) is 9.10. The molecule has 1 aromatic carbocycles. The van der Waals surface area contributed by atoms with Crippen molar-refractivity contribution in [2.24, 2.45) is 0 Å². The SMILES string of the molecule is CC[C@@H](NC(=O)C1(Oc2ccc(C)cc2)CCNCC1)c1nc(C)no1. The summed E-state index contributed by atoms with van der Waals surface area (Å²) in [5, 5.41) is 10.2. The largest absolute Gasteiger partial charge is 0.477 e. The molecule has 7 nitrogen and oxygen atoms in total. The van der Waals surface area contributed by atoms with Gasteiger partial charge in [0, 0.05) is 12.8 Å². The molecule has 2 N–H and O–H groups in total. The van der Waals surface area contributed by atoms with Gasteiger partial charge >= 0.3 is 0 Å². The molecule has 2 heterocycles. The minimum absolute atomic E-state index is 0.137. The molecule has 7 heteroatoms. The maximum Gasteiger partial charge on any atom is 0.264 e. The van der Waals surface area contributed by atoms with Crippen molar-refractivity contribution < 1.29 is 14.1 Å². The number of hydrogen-bond acceptors (Lipinski definition) is 6. The predicted octanol–water partition coefficient (Wildman–Crippen LogP) is 2.45. The number of rotatable bonds is 6. The molecule has 0 bridgehead atoms. The van der Waals surface area contributed by atoms with Crippen LogP contribution in [0.5, 0.6) is 5.75 Å². The van der Waals surface area contributed by atoms with E-state index in [2.05, 4.69) is 20.8 Å². The summed E-state index contributed by atoms with van der Waals surface area (Å²) in [6, 6.07) is 7.46. The predicted molar refractivity (Wildman–Crippen MR) is 96.9 cm³/mol. The van der Waals surface area contributed by atoms with Crippen molar-refractivity contribution in [2.45, 2.75) is 51.7 Å². The van der Waals surface area contributed by atoms with Gasteiger partial charge in [0.1, 0.15) is 11.8 Å². The monoisotopic (exact) mass is 358 g/mol. The quantitative estimate of drug-likeness (QED) is 0.824. The summed E-state index contributed by atoms with van der Waals surface area (Å²) < 4.78 is 11.5. The number of benzene rings is 1. The summed E-state index contributed by atoms with van der Waals surface area (Å²) in [5.41, 5.74) is 0.252. The Bertz CT molecular complexity index is 735. The minimum Gasteiger partial charge on any atom is -0.477 e. The van der Waals surface area contributed by atoms with Crippen LogP contribution in [0.4, 0.5) is 0 Å². The molecule has 1 aliphatic heterocycles. The fraction of sp³-hybridized carbons (Fsp3) is 0.526. The van der Waals surface area contributed by atoms with Gasteiger partial charge in [-0.1, -0.05) is 29.8 Å². The number of carbonyl (C=O) groups is 1. The lowest BCUT2D eigenvalue weighted by atomic mass is 9.90. The van der Waals surface area contributed by atoms with Gasteiger partial charge in [-0.05, 0) is 45.5 Å². The molecule has 0 radical (unpaired) electrons. The van der Waals surface area contributed by atoms with Gasteiger partial charge in [0.25, 0.3) is 5.91 Å². The second-order valence-electron chi connectivity index (χ2n) is 6.77. The Morgan fingerprint density at radius 1 is 1.31 bits per heavy atom. The summed E-state index contributed by atoms with van der Waals surface area (Å²) in [7, 11) is 0. The Labute approximate surface area is 153 Å². The van der Waals surface area contributed by atoms with E-state index in [4.69, 9.17) is 9.26 Å². The zero-order chi connectivity index (χ0) is 18.6. The standard InChI is InChI=1S/C19H26N4O3/c1-4-16(17-21-14(3)23-26-17)22-18(24)19(9-11-20-12-10-19)25-15-7-5-13(2)6-8-15/h5-8,16,20H,4,9-12H2,1-3H3,(H,22,24)/t16-/m1/s1. The van der Waals surface area contributed by atoms with Crippen molar-refractivity contribution in [1.29, 1.82) is 0 Å². The van der Waals surface area contributed by atoms with E-state index in [0.29, 0.717) is 36.7 Å². The number of aromatic nitrogens is 2. The summed E-state index contributed by atoms with van der Waals surface area (Å²) in [5.74, 6) is 1.55. The first-order valence-electron chi connectivity index (χ1n) is 9.10. The van der Waals surface area contributed by atoms with Gasteiger partial charge in [0.05, 0.1) is 0 Å². The Hall–Kier alpha value is -2.41. The molecule has 1 fully saturated rings. The van der Waals surface area contributed by atoms with Crippen LogP contribution in [0, 0.1) is 13.8 Å². The van der Waals surface area contributed by atoms with Gasteiger partial charge in [-0.15, -0.1) is 0 Å². The van der Waals surface area contributed by atoms with Crippen LogP contribution in [0.1, 0.15) is 49.5 Å². The van der Waals surface area contributed by atoms with Crippen LogP contribution < -0.4 is 15.4 Å². The molecular formula is C19H26N4O3. The number of hydrogen-bond donors (Lipinski definition) is 2. The van der Waals surface area contributed by atoms with Crippen molar-refractivity contribution in [2.75, 3.05) is 13.1 Å². The van der Waals surface area contributed by atoms with Crippen LogP contribution in [0.2, 0.25) is 0 Å². The van der Waals surface area contributed by atoms with Crippen LogP contribution in [0.15, 0.2) is 28.8 Å². The second kappa shape index (κ2) is 7.86. The number of carbonyl (C=O) groups excluding carboxylic acids is 1. The molecule has 1 saturated heterocycles. The third-order valence-electron chi connectivity index (χ3n) is 4.71. The van der Waals surface area contributed by atoms with Gasteiger partial charge in [-0.25, -0.2) is 0 Å². The Balaban J connectivity index is 1.79. The van der Waals surface area contributed by atoms with E-state index in [9.17, 15) is 4.79 Å². The lowest BCUT2D eigenvalue weighted by molar-refractivity contribution is -0.140. The molecule has 3 rings (SSSR count). The van der Waals surface area contributed by atoms with Crippen LogP contribution >= 0.6 is 0 Å². The fourth-order valence-corrected chi connectivity index (χ4v) is 3.12. The van der Waals surface area contributed by atoms with E-state index >= 15 is 0 Å². The van der Waals surface area contributed by atoms with E-state index < -0.39 is 5.60 Å². The topological polar surface area (TPSA) is 89.3 Å². The van der Waals surface area contributed by atoms with Crippen LogP contribution in [-0.4, -0.2) is 34.7 Å². The Morgan fingerprint density at radius 3 is 2.58 bits per heavy atom. The summed E-state index contributed by atoms with van der Waals surface area (Å²) in [4.78, 5) is 17.4. The number of aryl methyl sites for hydroxylation is 2. The highest BCUT2D eigenvalue weighted by Crippen LogP contribution is 2.28. The van der Waals surface area contributed by atoms with Crippen LogP contribution in [0.3, 0.4) is 0 Å². The number of piperidine rings is 1. The van der Waals surface area contributed by atoms with E-state index in [0.717, 1.165) is 18.7 Å². The summed E-state index contributed by atoms with van der Waals surface area (Å²) >= 11 is 0. The summed E-state index contributed by atoms with van der Waals surface area (Å²) in [6.07, 6.45) is 1.87. The lowest BCUT2D eigenvalue weighted by Crippen LogP contribution is -2.57.